The molecule has 2 rings (SSSR count). The van der Waals surface area contributed by atoms with Crippen LogP contribution in [0.1, 0.15) is 26.3 Å². The zero-order chi connectivity index (χ0) is 15.9. The van der Waals surface area contributed by atoms with Crippen LogP contribution in [0, 0.1) is 0 Å². The first-order chi connectivity index (χ1) is 10.5. The van der Waals surface area contributed by atoms with Crippen molar-refractivity contribution < 1.29 is 9.53 Å². The Morgan fingerprint density at radius 2 is 2.32 bits per heavy atom. The van der Waals surface area contributed by atoms with Gasteiger partial charge in [-0.3, -0.25) is 9.69 Å². The summed E-state index contributed by atoms with van der Waals surface area (Å²) in [5, 5.41) is 6.32. The van der Waals surface area contributed by atoms with Crippen molar-refractivity contribution >= 4 is 5.91 Å². The Kier molecular flexibility index (Phi) is 6.21. The highest BCUT2D eigenvalue weighted by Crippen LogP contribution is 2.14. The third kappa shape index (κ3) is 5.31. The highest BCUT2D eigenvalue weighted by atomic mass is 16.5. The molecule has 0 bridgehead atoms. The maximum Gasteiger partial charge on any atom is 0.234 e. The predicted octanol–water partition coefficient (Wildman–Crippen LogP) is 1.38. The van der Waals surface area contributed by atoms with E-state index in [0.29, 0.717) is 19.1 Å². The van der Waals surface area contributed by atoms with Gasteiger partial charge in [-0.25, -0.2) is 0 Å². The van der Waals surface area contributed by atoms with Crippen molar-refractivity contribution in [1.82, 2.24) is 15.5 Å². The smallest absolute Gasteiger partial charge is 0.234 e. The van der Waals surface area contributed by atoms with Crippen molar-refractivity contribution in [2.75, 3.05) is 26.2 Å². The number of rotatable bonds is 6. The first-order valence-electron chi connectivity index (χ1n) is 8.01. The number of hydrogen-bond acceptors (Lipinski definition) is 4. The maximum absolute atomic E-state index is 12.1. The number of piperazine rings is 1. The van der Waals surface area contributed by atoms with E-state index in [2.05, 4.69) is 22.5 Å². The largest absolute Gasteiger partial charge is 0.491 e. The first kappa shape index (κ1) is 16.8. The molecular weight excluding hydrogens is 278 g/mol. The summed E-state index contributed by atoms with van der Waals surface area (Å²) in [6.45, 7) is 9.97. The van der Waals surface area contributed by atoms with Crippen LogP contribution in [-0.4, -0.2) is 49.1 Å². The summed E-state index contributed by atoms with van der Waals surface area (Å²) in [5.41, 5.74) is 1.06. The van der Waals surface area contributed by atoms with Gasteiger partial charge in [0.25, 0.3) is 0 Å². The lowest BCUT2D eigenvalue weighted by atomic mass is 10.2. The van der Waals surface area contributed by atoms with Crippen LogP contribution >= 0.6 is 0 Å². The quantitative estimate of drug-likeness (QED) is 0.834. The van der Waals surface area contributed by atoms with E-state index in [1.807, 2.05) is 38.1 Å². The van der Waals surface area contributed by atoms with E-state index in [4.69, 9.17) is 4.74 Å². The lowest BCUT2D eigenvalue weighted by Gasteiger charge is -2.33. The fourth-order valence-electron chi connectivity index (χ4n) is 2.56. The highest BCUT2D eigenvalue weighted by molar-refractivity contribution is 5.78. The van der Waals surface area contributed by atoms with E-state index in [1.54, 1.807) is 0 Å². The minimum absolute atomic E-state index is 0.0731. The minimum Gasteiger partial charge on any atom is -0.491 e. The third-order valence-electron chi connectivity index (χ3n) is 3.75. The molecule has 1 atom stereocenters. The van der Waals surface area contributed by atoms with Crippen molar-refractivity contribution in [3.8, 4) is 5.75 Å². The molecule has 0 saturated carbocycles. The number of hydrogen-bond donors (Lipinski definition) is 2. The molecule has 5 heteroatoms. The molecule has 1 saturated heterocycles. The summed E-state index contributed by atoms with van der Waals surface area (Å²) in [6.07, 6.45) is 0.152. The Morgan fingerprint density at radius 3 is 3.05 bits per heavy atom. The monoisotopic (exact) mass is 305 g/mol. The Labute approximate surface area is 133 Å². The average molecular weight is 305 g/mol. The summed E-state index contributed by atoms with van der Waals surface area (Å²) < 4.78 is 5.67. The number of carbonyl (C=O) groups excluding carboxylic acids is 1. The normalized spacial score (nSPS) is 19.2. The van der Waals surface area contributed by atoms with Gasteiger partial charge >= 0.3 is 0 Å². The fourth-order valence-corrected chi connectivity index (χ4v) is 2.56. The maximum atomic E-state index is 12.1. The van der Waals surface area contributed by atoms with Gasteiger partial charge in [0, 0.05) is 32.2 Å². The predicted molar refractivity (Wildman–Crippen MR) is 88.0 cm³/mol. The molecule has 122 valence electrons. The molecule has 1 heterocycles. The molecule has 0 aromatic heterocycles. The fraction of sp³-hybridized carbons (Fsp3) is 0.588. The molecule has 1 aromatic rings. The van der Waals surface area contributed by atoms with Crippen molar-refractivity contribution in [3.05, 3.63) is 29.8 Å². The van der Waals surface area contributed by atoms with Gasteiger partial charge in [-0.05, 0) is 38.5 Å². The number of nitrogens with one attached hydrogen (secondary N) is 2. The van der Waals surface area contributed by atoms with Gasteiger partial charge in [-0.15, -0.1) is 0 Å². The van der Waals surface area contributed by atoms with Gasteiger partial charge < -0.3 is 15.4 Å². The highest BCUT2D eigenvalue weighted by Gasteiger charge is 2.19. The Morgan fingerprint density at radius 1 is 1.50 bits per heavy atom. The number of ether oxygens (including phenoxy) is 1. The second kappa shape index (κ2) is 8.15. The number of benzene rings is 1. The number of carbonyl (C=O) groups is 1. The second-order valence-electron chi connectivity index (χ2n) is 6.11. The Balaban J connectivity index is 1.80. The summed E-state index contributed by atoms with van der Waals surface area (Å²) in [6, 6.07) is 8.28. The standard InChI is InChI=1S/C17H27N3O2/c1-13(2)22-16-6-4-5-15(9-16)11-19-17(21)12-20-8-7-18-10-14(20)3/h4-6,9,13-14,18H,7-8,10-12H2,1-3H3,(H,19,21)/t14-/m1/s1. The minimum atomic E-state index is 0.0731. The van der Waals surface area contributed by atoms with Crippen LogP contribution in [0.5, 0.6) is 5.75 Å². The van der Waals surface area contributed by atoms with Gasteiger partial charge in [0.15, 0.2) is 0 Å². The van der Waals surface area contributed by atoms with Crippen LogP contribution in [0.4, 0.5) is 0 Å². The van der Waals surface area contributed by atoms with Crippen LogP contribution in [0.15, 0.2) is 24.3 Å². The van der Waals surface area contributed by atoms with Crippen molar-refractivity contribution in [1.29, 1.82) is 0 Å². The molecule has 0 radical (unpaired) electrons. The molecule has 0 aliphatic carbocycles. The van der Waals surface area contributed by atoms with Crippen molar-refractivity contribution in [2.24, 2.45) is 0 Å². The Bertz CT molecular complexity index is 491. The molecule has 1 aromatic carbocycles. The van der Waals surface area contributed by atoms with E-state index in [1.165, 1.54) is 0 Å². The van der Waals surface area contributed by atoms with Gasteiger partial charge in [0.1, 0.15) is 5.75 Å². The molecule has 2 N–H and O–H groups in total. The van der Waals surface area contributed by atoms with E-state index in [0.717, 1.165) is 30.9 Å². The summed E-state index contributed by atoms with van der Waals surface area (Å²) in [7, 11) is 0. The lowest BCUT2D eigenvalue weighted by Crippen LogP contribution is -2.52. The van der Waals surface area contributed by atoms with E-state index < -0.39 is 0 Å². The lowest BCUT2D eigenvalue weighted by molar-refractivity contribution is -0.123. The first-order valence-corrected chi connectivity index (χ1v) is 8.01. The average Bonchev–Trinajstić information content (AvgIpc) is 2.47. The summed E-state index contributed by atoms with van der Waals surface area (Å²) >= 11 is 0. The van der Waals surface area contributed by atoms with Gasteiger partial charge in [0.2, 0.25) is 5.91 Å². The van der Waals surface area contributed by atoms with Crippen LogP contribution in [0.3, 0.4) is 0 Å². The number of nitrogens with zero attached hydrogens (tertiary/aromatic N) is 1. The molecule has 5 nitrogen and oxygen atoms in total. The topological polar surface area (TPSA) is 53.6 Å². The SMILES string of the molecule is CC(C)Oc1cccc(CNC(=O)CN2CCNC[C@H]2C)c1. The summed E-state index contributed by atoms with van der Waals surface area (Å²) in [4.78, 5) is 14.3. The van der Waals surface area contributed by atoms with Crippen molar-refractivity contribution in [3.63, 3.8) is 0 Å². The zero-order valence-corrected chi connectivity index (χ0v) is 13.8. The van der Waals surface area contributed by atoms with Crippen molar-refractivity contribution in [2.45, 2.75) is 39.5 Å². The summed E-state index contributed by atoms with van der Waals surface area (Å²) in [5.74, 6) is 0.918. The number of amides is 1. The molecule has 1 amide bonds. The second-order valence-corrected chi connectivity index (χ2v) is 6.11. The van der Waals surface area contributed by atoms with Crippen LogP contribution in [-0.2, 0) is 11.3 Å². The van der Waals surface area contributed by atoms with Crippen LogP contribution in [0.25, 0.3) is 0 Å². The molecular formula is C17H27N3O2. The van der Waals surface area contributed by atoms with Crippen LogP contribution in [0.2, 0.25) is 0 Å². The van der Waals surface area contributed by atoms with Gasteiger partial charge in [-0.1, -0.05) is 12.1 Å². The van der Waals surface area contributed by atoms with E-state index in [9.17, 15) is 4.79 Å². The van der Waals surface area contributed by atoms with E-state index in [-0.39, 0.29) is 12.0 Å². The third-order valence-corrected chi connectivity index (χ3v) is 3.75. The molecule has 1 fully saturated rings. The van der Waals surface area contributed by atoms with E-state index >= 15 is 0 Å². The zero-order valence-electron chi connectivity index (χ0n) is 13.8. The molecule has 0 spiro atoms. The Hall–Kier alpha value is -1.59. The molecule has 1 aliphatic rings. The van der Waals surface area contributed by atoms with Gasteiger partial charge in [0.05, 0.1) is 12.6 Å². The molecule has 22 heavy (non-hydrogen) atoms. The van der Waals surface area contributed by atoms with Gasteiger partial charge in [-0.2, -0.15) is 0 Å². The van der Waals surface area contributed by atoms with Crippen LogP contribution < -0.4 is 15.4 Å². The molecule has 0 unspecified atom stereocenters. The molecule has 1 aliphatic heterocycles.